The molecule has 0 saturated carbocycles. The van der Waals surface area contributed by atoms with Crippen molar-refractivity contribution in [1.29, 1.82) is 0 Å². The molecule has 2 aliphatic rings. The van der Waals surface area contributed by atoms with Crippen molar-refractivity contribution in [3.05, 3.63) is 82.8 Å². The van der Waals surface area contributed by atoms with Gasteiger partial charge in [-0.05, 0) is 24.1 Å². The molecular formula is C23H26N2O2S. The van der Waals surface area contributed by atoms with Crippen molar-refractivity contribution in [2.75, 3.05) is 19.0 Å². The summed E-state index contributed by atoms with van der Waals surface area (Å²) in [6, 6.07) is 21.0. The van der Waals surface area contributed by atoms with Crippen LogP contribution in [0.2, 0.25) is 0 Å². The highest BCUT2D eigenvalue weighted by Gasteiger charge is 2.50. The fourth-order valence-corrected chi connectivity index (χ4v) is 5.31. The largest absolute Gasteiger partial charge is 0.378 e. The summed E-state index contributed by atoms with van der Waals surface area (Å²) in [6.07, 6.45) is 2.16. The van der Waals surface area contributed by atoms with Gasteiger partial charge >= 0.3 is 6.03 Å². The number of carbonyl (C=O) groups is 1. The summed E-state index contributed by atoms with van der Waals surface area (Å²) in [5.74, 6) is 0.937. The first-order chi connectivity index (χ1) is 13.8. The Kier molecular flexibility index (Phi) is 6.03. The average molecular weight is 395 g/mol. The van der Waals surface area contributed by atoms with Crippen molar-refractivity contribution in [3.63, 3.8) is 0 Å². The van der Waals surface area contributed by atoms with Crippen LogP contribution >= 0.6 is 11.8 Å². The van der Waals surface area contributed by atoms with Gasteiger partial charge < -0.3 is 14.5 Å². The summed E-state index contributed by atoms with van der Waals surface area (Å²) in [4.78, 5) is 18.7. The van der Waals surface area contributed by atoms with E-state index < -0.39 is 0 Å². The molecule has 2 heterocycles. The van der Waals surface area contributed by atoms with Crippen LogP contribution in [-0.4, -0.2) is 46.9 Å². The van der Waals surface area contributed by atoms with E-state index in [1.807, 2.05) is 60.0 Å². The van der Waals surface area contributed by atoms with E-state index in [0.717, 1.165) is 11.3 Å². The third-order valence-electron chi connectivity index (χ3n) is 5.30. The number of thioether (sulfide) groups is 1. The zero-order valence-corrected chi connectivity index (χ0v) is 17.0. The Morgan fingerprint density at radius 2 is 1.61 bits per heavy atom. The molecule has 5 heteroatoms. The van der Waals surface area contributed by atoms with Gasteiger partial charge in [-0.2, -0.15) is 0 Å². The highest BCUT2D eigenvalue weighted by atomic mass is 32.2. The van der Waals surface area contributed by atoms with Gasteiger partial charge in [0.05, 0.1) is 18.7 Å². The lowest BCUT2D eigenvalue weighted by molar-refractivity contribution is 0.176. The van der Waals surface area contributed by atoms with Crippen molar-refractivity contribution in [2.45, 2.75) is 32.1 Å². The fourth-order valence-electron chi connectivity index (χ4n) is 3.94. The molecule has 4 nitrogen and oxygen atoms in total. The van der Waals surface area contributed by atoms with E-state index in [9.17, 15) is 4.79 Å². The SMILES string of the molecule is CCOC/C=C1/SCC2C1N(Cc1ccccc1)C(=O)N2Cc1ccccc1. The van der Waals surface area contributed by atoms with Gasteiger partial charge in [0, 0.05) is 30.4 Å². The van der Waals surface area contributed by atoms with Crippen molar-refractivity contribution < 1.29 is 9.53 Å². The number of amides is 2. The Morgan fingerprint density at radius 3 is 2.21 bits per heavy atom. The Hall–Kier alpha value is -2.24. The predicted octanol–water partition coefficient (Wildman–Crippen LogP) is 4.53. The molecule has 2 aromatic rings. The fraction of sp³-hybridized carbons (Fsp3) is 0.348. The molecular weight excluding hydrogens is 368 g/mol. The number of rotatable bonds is 7. The summed E-state index contributed by atoms with van der Waals surface area (Å²) in [6.45, 7) is 4.61. The van der Waals surface area contributed by atoms with Gasteiger partial charge in [-0.1, -0.05) is 60.7 Å². The maximum absolute atomic E-state index is 13.4. The third-order valence-corrected chi connectivity index (χ3v) is 6.55. The standard InChI is InChI=1S/C23H26N2O2S/c1-2-27-14-13-21-22-20(17-28-21)24(15-18-9-5-3-6-10-18)23(26)25(22)16-19-11-7-4-8-12-19/h3-13,20,22H,2,14-17H2,1H3/b21-13+. The molecule has 2 amide bonds. The molecule has 0 bridgehead atoms. The van der Waals surface area contributed by atoms with Gasteiger partial charge in [0.15, 0.2) is 0 Å². The third kappa shape index (κ3) is 3.96. The van der Waals surface area contributed by atoms with Crippen molar-refractivity contribution in [1.82, 2.24) is 9.80 Å². The second-order valence-corrected chi connectivity index (χ2v) is 8.19. The van der Waals surface area contributed by atoms with Crippen LogP contribution in [0.15, 0.2) is 71.6 Å². The lowest BCUT2D eigenvalue weighted by Gasteiger charge is -2.23. The van der Waals surface area contributed by atoms with Crippen molar-refractivity contribution in [2.24, 2.45) is 0 Å². The molecule has 4 rings (SSSR count). The normalized spacial score (nSPS) is 22.9. The highest BCUT2D eigenvalue weighted by Crippen LogP contribution is 2.43. The summed E-state index contributed by atoms with van der Waals surface area (Å²) in [5, 5.41) is 0. The van der Waals surface area contributed by atoms with Crippen LogP contribution < -0.4 is 0 Å². The molecule has 0 aromatic heterocycles. The maximum atomic E-state index is 13.4. The van der Waals surface area contributed by atoms with E-state index in [1.165, 1.54) is 10.5 Å². The molecule has 28 heavy (non-hydrogen) atoms. The zero-order chi connectivity index (χ0) is 19.3. The minimum absolute atomic E-state index is 0.113. The van der Waals surface area contributed by atoms with Crippen molar-refractivity contribution >= 4 is 17.8 Å². The number of benzene rings is 2. The maximum Gasteiger partial charge on any atom is 0.321 e. The Morgan fingerprint density at radius 1 is 1.00 bits per heavy atom. The van der Waals surface area contributed by atoms with E-state index in [1.54, 1.807) is 0 Å². The number of fused-ring (bicyclic) bond motifs is 1. The number of hydrogen-bond donors (Lipinski definition) is 0. The highest BCUT2D eigenvalue weighted by molar-refractivity contribution is 8.03. The number of urea groups is 1. The molecule has 2 aromatic carbocycles. The lowest BCUT2D eigenvalue weighted by atomic mass is 10.1. The first-order valence-electron chi connectivity index (χ1n) is 9.83. The van der Waals surface area contributed by atoms with Crippen LogP contribution in [0, 0.1) is 0 Å². The first kappa shape index (κ1) is 19.1. The molecule has 2 aliphatic heterocycles. The molecule has 0 aliphatic carbocycles. The van der Waals surface area contributed by atoms with E-state index in [0.29, 0.717) is 26.3 Å². The number of ether oxygens (including phenoxy) is 1. The Balaban J connectivity index is 1.60. The van der Waals surface area contributed by atoms with E-state index in [-0.39, 0.29) is 18.1 Å². The van der Waals surface area contributed by atoms with Gasteiger partial charge in [0.2, 0.25) is 0 Å². The predicted molar refractivity (Wildman–Crippen MR) is 114 cm³/mol. The monoisotopic (exact) mass is 394 g/mol. The summed E-state index contributed by atoms with van der Waals surface area (Å²) in [5.41, 5.74) is 2.34. The zero-order valence-electron chi connectivity index (χ0n) is 16.2. The van der Waals surface area contributed by atoms with Crippen molar-refractivity contribution in [3.8, 4) is 0 Å². The minimum Gasteiger partial charge on any atom is -0.378 e. The molecule has 2 fully saturated rings. The van der Waals surface area contributed by atoms with Crippen LogP contribution in [0.25, 0.3) is 0 Å². The van der Waals surface area contributed by atoms with Crippen LogP contribution in [-0.2, 0) is 17.8 Å². The average Bonchev–Trinajstić information content (AvgIpc) is 3.24. The summed E-state index contributed by atoms with van der Waals surface area (Å²) >= 11 is 1.86. The van der Waals surface area contributed by atoms with Crippen LogP contribution in [0.3, 0.4) is 0 Å². The second kappa shape index (κ2) is 8.84. The molecule has 0 radical (unpaired) electrons. The van der Waals surface area contributed by atoms with Crippen LogP contribution in [0.4, 0.5) is 4.79 Å². The van der Waals surface area contributed by atoms with Gasteiger partial charge in [-0.3, -0.25) is 0 Å². The quantitative estimate of drug-likeness (QED) is 0.511. The summed E-state index contributed by atoms with van der Waals surface area (Å²) < 4.78 is 5.54. The van der Waals surface area contributed by atoms with E-state index in [2.05, 4.69) is 35.2 Å². The van der Waals surface area contributed by atoms with Crippen LogP contribution in [0.5, 0.6) is 0 Å². The van der Waals surface area contributed by atoms with E-state index in [4.69, 9.17) is 4.74 Å². The molecule has 2 saturated heterocycles. The van der Waals surface area contributed by atoms with Gasteiger partial charge in [-0.15, -0.1) is 11.8 Å². The second-order valence-electron chi connectivity index (χ2n) is 7.10. The molecule has 146 valence electrons. The van der Waals surface area contributed by atoms with Gasteiger partial charge in [0.1, 0.15) is 0 Å². The molecule has 0 spiro atoms. The Bertz CT molecular complexity index is 825. The molecule has 2 unspecified atom stereocenters. The minimum atomic E-state index is 0.113. The number of hydrogen-bond acceptors (Lipinski definition) is 3. The Labute approximate surface area is 171 Å². The molecule has 2 atom stereocenters. The topological polar surface area (TPSA) is 32.8 Å². The number of nitrogens with zero attached hydrogens (tertiary/aromatic N) is 2. The molecule has 0 N–H and O–H groups in total. The summed E-state index contributed by atoms with van der Waals surface area (Å²) in [7, 11) is 0. The van der Waals surface area contributed by atoms with Crippen LogP contribution in [0.1, 0.15) is 18.1 Å². The first-order valence-corrected chi connectivity index (χ1v) is 10.8. The number of carbonyl (C=O) groups excluding carboxylic acids is 1. The lowest BCUT2D eigenvalue weighted by Crippen LogP contribution is -2.35. The van der Waals surface area contributed by atoms with Gasteiger partial charge in [-0.25, -0.2) is 4.79 Å². The van der Waals surface area contributed by atoms with Gasteiger partial charge in [0.25, 0.3) is 0 Å². The smallest absolute Gasteiger partial charge is 0.321 e. The van der Waals surface area contributed by atoms with E-state index >= 15 is 0 Å².